The Labute approximate surface area is 222 Å². The van der Waals surface area contributed by atoms with Gasteiger partial charge in [-0.15, -0.1) is 0 Å². The molecule has 38 heavy (non-hydrogen) atoms. The first-order valence-corrected chi connectivity index (χ1v) is 12.7. The number of carbonyl (C=O) groups is 1. The monoisotopic (exact) mass is 506 g/mol. The van der Waals surface area contributed by atoms with E-state index in [0.29, 0.717) is 30.5 Å². The van der Waals surface area contributed by atoms with E-state index in [1.807, 2.05) is 47.4 Å². The Morgan fingerprint density at radius 1 is 1.13 bits per heavy atom. The van der Waals surface area contributed by atoms with E-state index < -0.39 is 0 Å². The number of fused-ring (bicyclic) bond motifs is 1. The second-order valence-electron chi connectivity index (χ2n) is 9.52. The van der Waals surface area contributed by atoms with E-state index in [0.717, 1.165) is 40.7 Å². The fourth-order valence-electron chi connectivity index (χ4n) is 4.80. The summed E-state index contributed by atoms with van der Waals surface area (Å²) in [6.45, 7) is 9.14. The number of nitrogens with two attached hydrogens (primary N) is 1. The predicted molar refractivity (Wildman–Crippen MR) is 148 cm³/mol. The SMILES string of the molecule is C=CC(=O)N1CCC(C#Cc2c(-c3ccc(Oc4ccccc4)nc3)c3c(N)ncnc3n2C(C)C)CC1. The van der Waals surface area contributed by atoms with Crippen LogP contribution in [0.5, 0.6) is 11.6 Å². The normalized spacial score (nSPS) is 13.8. The number of carbonyl (C=O) groups excluding carboxylic acids is 1. The van der Waals surface area contributed by atoms with Gasteiger partial charge in [-0.05, 0) is 56.9 Å². The van der Waals surface area contributed by atoms with E-state index >= 15 is 0 Å². The highest BCUT2D eigenvalue weighted by Gasteiger charge is 2.24. The quantitative estimate of drug-likeness (QED) is 0.294. The van der Waals surface area contributed by atoms with Crippen LogP contribution in [0.15, 0.2) is 67.6 Å². The molecule has 0 saturated carbocycles. The van der Waals surface area contributed by atoms with Gasteiger partial charge in [0.2, 0.25) is 11.8 Å². The van der Waals surface area contributed by atoms with E-state index in [-0.39, 0.29) is 17.9 Å². The van der Waals surface area contributed by atoms with Crippen LogP contribution in [0.2, 0.25) is 0 Å². The van der Waals surface area contributed by atoms with Gasteiger partial charge in [0.15, 0.2) is 0 Å². The number of nitrogen functional groups attached to an aromatic ring is 1. The summed E-state index contributed by atoms with van der Waals surface area (Å²) in [4.78, 5) is 27.2. The molecule has 0 unspecified atom stereocenters. The zero-order chi connectivity index (χ0) is 26.6. The van der Waals surface area contributed by atoms with Gasteiger partial charge >= 0.3 is 0 Å². The van der Waals surface area contributed by atoms with Gasteiger partial charge in [-0.2, -0.15) is 0 Å². The number of hydrogen-bond acceptors (Lipinski definition) is 6. The number of anilines is 1. The Hall–Kier alpha value is -4.64. The van der Waals surface area contributed by atoms with E-state index in [9.17, 15) is 4.79 Å². The van der Waals surface area contributed by atoms with Crippen LogP contribution >= 0.6 is 0 Å². The number of ether oxygens (including phenoxy) is 1. The summed E-state index contributed by atoms with van der Waals surface area (Å²) in [5.41, 5.74) is 9.68. The Morgan fingerprint density at radius 2 is 1.89 bits per heavy atom. The first-order chi connectivity index (χ1) is 18.5. The average molecular weight is 507 g/mol. The lowest BCUT2D eigenvalue weighted by atomic mass is 9.96. The molecule has 0 aliphatic carbocycles. The minimum absolute atomic E-state index is 0.0279. The van der Waals surface area contributed by atoms with Crippen LogP contribution < -0.4 is 10.5 Å². The molecule has 3 aromatic heterocycles. The van der Waals surface area contributed by atoms with E-state index in [4.69, 9.17) is 10.5 Å². The lowest BCUT2D eigenvalue weighted by Crippen LogP contribution is -2.37. The molecule has 1 saturated heterocycles. The van der Waals surface area contributed by atoms with Gasteiger partial charge in [0, 0.05) is 48.4 Å². The number of amides is 1. The Bertz CT molecular complexity index is 1520. The summed E-state index contributed by atoms with van der Waals surface area (Å²) in [6.07, 6.45) is 6.26. The van der Waals surface area contributed by atoms with Gasteiger partial charge in [0.1, 0.15) is 29.2 Å². The van der Waals surface area contributed by atoms with Gasteiger partial charge in [-0.3, -0.25) is 4.79 Å². The summed E-state index contributed by atoms with van der Waals surface area (Å²) in [5.74, 6) is 8.70. The van der Waals surface area contributed by atoms with Gasteiger partial charge in [0.25, 0.3) is 0 Å². The zero-order valence-electron chi connectivity index (χ0n) is 21.6. The van der Waals surface area contributed by atoms with Crippen LogP contribution in [0.1, 0.15) is 38.4 Å². The minimum Gasteiger partial charge on any atom is -0.439 e. The van der Waals surface area contributed by atoms with Crippen molar-refractivity contribution in [2.24, 2.45) is 5.92 Å². The molecule has 0 atom stereocenters. The molecule has 8 heteroatoms. The number of para-hydroxylation sites is 1. The molecule has 1 fully saturated rings. The maximum Gasteiger partial charge on any atom is 0.245 e. The number of piperidine rings is 1. The Balaban J connectivity index is 1.55. The van der Waals surface area contributed by atoms with Crippen LogP contribution in [0.4, 0.5) is 5.82 Å². The van der Waals surface area contributed by atoms with Crippen molar-refractivity contribution >= 4 is 22.8 Å². The largest absolute Gasteiger partial charge is 0.439 e. The zero-order valence-corrected chi connectivity index (χ0v) is 21.6. The summed E-state index contributed by atoms with van der Waals surface area (Å²) in [6, 6.07) is 13.4. The highest BCUT2D eigenvalue weighted by atomic mass is 16.5. The summed E-state index contributed by atoms with van der Waals surface area (Å²) in [7, 11) is 0. The summed E-state index contributed by atoms with van der Waals surface area (Å²) < 4.78 is 8.00. The van der Waals surface area contributed by atoms with E-state index in [2.05, 4.69) is 51.8 Å². The predicted octanol–water partition coefficient (Wildman–Crippen LogP) is 5.22. The molecule has 0 spiro atoms. The number of pyridine rings is 1. The first kappa shape index (κ1) is 25.0. The maximum absolute atomic E-state index is 12.0. The van der Waals surface area contributed by atoms with Crippen molar-refractivity contribution in [3.63, 3.8) is 0 Å². The smallest absolute Gasteiger partial charge is 0.245 e. The highest BCUT2D eigenvalue weighted by Crippen LogP contribution is 2.38. The Morgan fingerprint density at radius 3 is 2.55 bits per heavy atom. The standard InChI is InChI=1S/C30H30N6O2/c1-4-26(37)35-16-14-21(15-17-35)10-12-24-27(28-29(31)33-19-34-30(28)36(24)20(2)3)22-11-13-25(32-18-22)38-23-8-6-5-7-9-23/h4-9,11,13,18-21H,1,14-17H2,2-3H3,(H2,31,33,34). The second kappa shape index (κ2) is 10.8. The van der Waals surface area contributed by atoms with E-state index in [1.54, 1.807) is 6.20 Å². The fourth-order valence-corrected chi connectivity index (χ4v) is 4.80. The molecule has 4 aromatic rings. The van der Waals surface area contributed by atoms with Crippen molar-refractivity contribution in [2.45, 2.75) is 32.7 Å². The highest BCUT2D eigenvalue weighted by molar-refractivity contribution is 6.03. The number of rotatable bonds is 5. The third-order valence-electron chi connectivity index (χ3n) is 6.70. The van der Waals surface area contributed by atoms with Crippen LogP contribution in [0.3, 0.4) is 0 Å². The molecule has 8 nitrogen and oxygen atoms in total. The minimum atomic E-state index is -0.0279. The molecular weight excluding hydrogens is 476 g/mol. The van der Waals surface area contributed by atoms with Crippen molar-refractivity contribution < 1.29 is 9.53 Å². The van der Waals surface area contributed by atoms with E-state index in [1.165, 1.54) is 12.4 Å². The first-order valence-electron chi connectivity index (χ1n) is 12.7. The van der Waals surface area contributed by atoms with Crippen molar-refractivity contribution in [3.05, 3.63) is 73.3 Å². The van der Waals surface area contributed by atoms with Gasteiger partial charge in [0.05, 0.1) is 5.39 Å². The molecule has 1 aromatic carbocycles. The number of aromatic nitrogens is 4. The van der Waals surface area contributed by atoms with Gasteiger partial charge < -0.3 is 19.9 Å². The van der Waals surface area contributed by atoms with Crippen LogP contribution in [0.25, 0.3) is 22.2 Å². The molecule has 4 heterocycles. The maximum atomic E-state index is 12.0. The second-order valence-corrected chi connectivity index (χ2v) is 9.52. The molecule has 2 N–H and O–H groups in total. The molecule has 0 bridgehead atoms. The molecule has 5 rings (SSSR count). The van der Waals surface area contributed by atoms with Crippen molar-refractivity contribution in [1.82, 2.24) is 24.4 Å². The summed E-state index contributed by atoms with van der Waals surface area (Å²) in [5, 5.41) is 0.760. The average Bonchev–Trinajstić information content (AvgIpc) is 3.28. The molecule has 1 aliphatic heterocycles. The number of benzene rings is 1. The number of hydrogen-bond donors (Lipinski definition) is 1. The molecule has 192 valence electrons. The topological polar surface area (TPSA) is 99.2 Å². The van der Waals surface area contributed by atoms with Crippen LogP contribution in [-0.4, -0.2) is 43.4 Å². The lowest BCUT2D eigenvalue weighted by Gasteiger charge is -2.28. The summed E-state index contributed by atoms with van der Waals surface area (Å²) >= 11 is 0. The molecule has 1 aliphatic rings. The van der Waals surface area contributed by atoms with Crippen molar-refractivity contribution in [3.8, 4) is 34.6 Å². The Kier molecular flexibility index (Phi) is 7.09. The van der Waals surface area contributed by atoms with Crippen molar-refractivity contribution in [1.29, 1.82) is 0 Å². The van der Waals surface area contributed by atoms with Gasteiger partial charge in [-0.25, -0.2) is 15.0 Å². The van der Waals surface area contributed by atoms with Crippen LogP contribution in [0, 0.1) is 17.8 Å². The molecule has 1 amide bonds. The van der Waals surface area contributed by atoms with Gasteiger partial charge in [-0.1, -0.05) is 30.7 Å². The third-order valence-corrected chi connectivity index (χ3v) is 6.70. The lowest BCUT2D eigenvalue weighted by molar-refractivity contribution is -0.127. The van der Waals surface area contributed by atoms with Crippen LogP contribution in [-0.2, 0) is 4.79 Å². The number of nitrogens with zero attached hydrogens (tertiary/aromatic N) is 5. The number of likely N-dealkylation sites (tertiary alicyclic amines) is 1. The molecular formula is C30H30N6O2. The fraction of sp³-hybridized carbons (Fsp3) is 0.267. The third kappa shape index (κ3) is 4.96. The molecule has 0 radical (unpaired) electrons. The van der Waals surface area contributed by atoms with Crippen molar-refractivity contribution in [2.75, 3.05) is 18.8 Å².